The quantitative estimate of drug-likeness (QED) is 0.836. The lowest BCUT2D eigenvalue weighted by Gasteiger charge is -2.39. The number of carbonyl (C=O) groups is 1. The van der Waals surface area contributed by atoms with Crippen LogP contribution in [0, 0.1) is 31.6 Å². The highest BCUT2D eigenvalue weighted by Crippen LogP contribution is 2.48. The molecule has 0 N–H and O–H groups in total. The van der Waals surface area contributed by atoms with Gasteiger partial charge in [-0.3, -0.25) is 4.79 Å². The first-order valence-electron chi connectivity index (χ1n) is 9.23. The summed E-state index contributed by atoms with van der Waals surface area (Å²) >= 11 is 0. The summed E-state index contributed by atoms with van der Waals surface area (Å²) in [7, 11) is 0. The van der Waals surface area contributed by atoms with E-state index < -0.39 is 0 Å². The van der Waals surface area contributed by atoms with Gasteiger partial charge in [0.15, 0.2) is 0 Å². The second-order valence-corrected chi connectivity index (χ2v) is 7.81. The van der Waals surface area contributed by atoms with E-state index in [1.807, 2.05) is 0 Å². The van der Waals surface area contributed by atoms with Crippen molar-refractivity contribution in [2.45, 2.75) is 39.5 Å². The minimum Gasteiger partial charge on any atom is -0.368 e. The molecule has 0 radical (unpaired) electrons. The number of rotatable bonds is 2. The van der Waals surface area contributed by atoms with Crippen molar-refractivity contribution in [3.05, 3.63) is 29.3 Å². The zero-order valence-corrected chi connectivity index (χ0v) is 14.4. The summed E-state index contributed by atoms with van der Waals surface area (Å²) in [5, 5.41) is 0. The third kappa shape index (κ3) is 2.64. The Morgan fingerprint density at radius 2 is 1.83 bits per heavy atom. The molecule has 1 heterocycles. The van der Waals surface area contributed by atoms with Crippen LogP contribution >= 0.6 is 0 Å². The van der Waals surface area contributed by atoms with E-state index in [0.717, 1.165) is 32.1 Å². The number of hydrogen-bond donors (Lipinski definition) is 0. The molecular formula is C20H28N2O. The molecule has 1 aromatic rings. The predicted octanol–water partition coefficient (Wildman–Crippen LogP) is 3.39. The SMILES string of the molecule is Cc1cccc(N2CCN(C(=O)[C@@H]3C[C@H]4CC[C@@H]3C4)CC2)c1C. The zero-order chi connectivity index (χ0) is 16.0. The molecule has 3 nitrogen and oxygen atoms in total. The van der Waals surface area contributed by atoms with Gasteiger partial charge in [-0.1, -0.05) is 18.6 Å². The number of amides is 1. The third-order valence-electron chi connectivity index (χ3n) is 6.56. The molecule has 3 atom stereocenters. The average molecular weight is 312 g/mol. The second kappa shape index (κ2) is 5.85. The Morgan fingerprint density at radius 3 is 2.48 bits per heavy atom. The van der Waals surface area contributed by atoms with Crippen LogP contribution in [-0.2, 0) is 4.79 Å². The normalized spacial score (nSPS) is 30.1. The first-order chi connectivity index (χ1) is 11.1. The van der Waals surface area contributed by atoms with Crippen molar-refractivity contribution >= 4 is 11.6 Å². The van der Waals surface area contributed by atoms with Crippen LogP contribution < -0.4 is 4.90 Å². The van der Waals surface area contributed by atoms with Gasteiger partial charge < -0.3 is 9.80 Å². The van der Waals surface area contributed by atoms with E-state index in [1.165, 1.54) is 42.5 Å². The molecule has 3 aliphatic rings. The fraction of sp³-hybridized carbons (Fsp3) is 0.650. The Labute approximate surface area is 139 Å². The molecule has 0 aromatic heterocycles. The molecule has 0 spiro atoms. The summed E-state index contributed by atoms with van der Waals surface area (Å²) in [6, 6.07) is 6.54. The minimum atomic E-state index is 0.348. The fourth-order valence-electron chi connectivity index (χ4n) is 5.03. The van der Waals surface area contributed by atoms with Gasteiger partial charge in [-0.05, 0) is 62.1 Å². The summed E-state index contributed by atoms with van der Waals surface area (Å²) in [6.45, 7) is 8.10. The standard InChI is InChI=1S/C20H28N2O/c1-14-4-3-5-19(15(14)2)21-8-10-22(11-9-21)20(23)18-13-16-6-7-17(18)12-16/h3-5,16-18H,6-13H2,1-2H3/t16-,17+,18+/m0/s1. The van der Waals surface area contributed by atoms with E-state index in [-0.39, 0.29) is 0 Å². The van der Waals surface area contributed by atoms with E-state index in [0.29, 0.717) is 17.7 Å². The average Bonchev–Trinajstić information content (AvgIpc) is 3.20. The second-order valence-electron chi connectivity index (χ2n) is 7.81. The van der Waals surface area contributed by atoms with Crippen LogP contribution in [0.5, 0.6) is 0 Å². The van der Waals surface area contributed by atoms with E-state index in [4.69, 9.17) is 0 Å². The monoisotopic (exact) mass is 312 g/mol. The van der Waals surface area contributed by atoms with E-state index >= 15 is 0 Å². The van der Waals surface area contributed by atoms with Gasteiger partial charge in [-0.2, -0.15) is 0 Å². The van der Waals surface area contributed by atoms with Gasteiger partial charge in [0.25, 0.3) is 0 Å². The maximum atomic E-state index is 12.9. The van der Waals surface area contributed by atoms with E-state index in [2.05, 4.69) is 41.8 Å². The number of aryl methyl sites for hydroxylation is 1. The lowest BCUT2D eigenvalue weighted by atomic mass is 9.87. The number of benzene rings is 1. The molecule has 0 unspecified atom stereocenters. The van der Waals surface area contributed by atoms with Crippen LogP contribution in [0.2, 0.25) is 0 Å². The number of piperazine rings is 1. The van der Waals surface area contributed by atoms with Crippen molar-refractivity contribution in [2.75, 3.05) is 31.1 Å². The van der Waals surface area contributed by atoms with E-state index in [9.17, 15) is 4.79 Å². The number of carbonyl (C=O) groups excluding carboxylic acids is 1. The van der Waals surface area contributed by atoms with E-state index in [1.54, 1.807) is 0 Å². The Balaban J connectivity index is 1.39. The van der Waals surface area contributed by atoms with Gasteiger partial charge in [-0.15, -0.1) is 0 Å². The smallest absolute Gasteiger partial charge is 0.226 e. The molecule has 124 valence electrons. The molecule has 1 saturated heterocycles. The molecule has 1 aliphatic heterocycles. The molecule has 1 amide bonds. The van der Waals surface area contributed by atoms with Crippen LogP contribution in [-0.4, -0.2) is 37.0 Å². The number of hydrogen-bond acceptors (Lipinski definition) is 2. The van der Waals surface area contributed by atoms with Crippen LogP contribution in [0.3, 0.4) is 0 Å². The van der Waals surface area contributed by atoms with Gasteiger partial charge in [0.2, 0.25) is 5.91 Å². The highest BCUT2D eigenvalue weighted by molar-refractivity contribution is 5.80. The minimum absolute atomic E-state index is 0.348. The molecule has 23 heavy (non-hydrogen) atoms. The highest BCUT2D eigenvalue weighted by atomic mass is 16.2. The Bertz CT molecular complexity index is 604. The zero-order valence-electron chi connectivity index (χ0n) is 14.4. The Morgan fingerprint density at radius 1 is 1.04 bits per heavy atom. The largest absolute Gasteiger partial charge is 0.368 e. The van der Waals surface area contributed by atoms with Crippen LogP contribution in [0.15, 0.2) is 18.2 Å². The maximum Gasteiger partial charge on any atom is 0.226 e. The summed E-state index contributed by atoms with van der Waals surface area (Å²) in [4.78, 5) is 17.5. The molecule has 2 saturated carbocycles. The van der Waals surface area contributed by atoms with Gasteiger partial charge in [-0.25, -0.2) is 0 Å². The van der Waals surface area contributed by atoms with Crippen molar-refractivity contribution in [2.24, 2.45) is 17.8 Å². The number of anilines is 1. The van der Waals surface area contributed by atoms with Crippen LogP contribution in [0.25, 0.3) is 0 Å². The Kier molecular flexibility index (Phi) is 3.82. The summed E-state index contributed by atoms with van der Waals surface area (Å²) in [6.07, 6.45) is 5.15. The molecule has 2 aliphatic carbocycles. The summed E-state index contributed by atoms with van der Waals surface area (Å²) < 4.78 is 0. The lowest BCUT2D eigenvalue weighted by molar-refractivity contribution is -0.137. The highest BCUT2D eigenvalue weighted by Gasteiger charge is 2.44. The molecule has 2 bridgehead atoms. The van der Waals surface area contributed by atoms with Crippen LogP contribution in [0.1, 0.15) is 36.8 Å². The number of nitrogens with zero attached hydrogens (tertiary/aromatic N) is 2. The first kappa shape index (κ1) is 15.0. The van der Waals surface area contributed by atoms with Gasteiger partial charge in [0.1, 0.15) is 0 Å². The van der Waals surface area contributed by atoms with Crippen molar-refractivity contribution in [3.63, 3.8) is 0 Å². The fourth-order valence-corrected chi connectivity index (χ4v) is 5.03. The summed E-state index contributed by atoms with van der Waals surface area (Å²) in [5.41, 5.74) is 4.07. The maximum absolute atomic E-state index is 12.9. The van der Waals surface area contributed by atoms with Gasteiger partial charge in [0, 0.05) is 37.8 Å². The summed E-state index contributed by atoms with van der Waals surface area (Å²) in [5.74, 6) is 2.36. The van der Waals surface area contributed by atoms with Crippen molar-refractivity contribution in [3.8, 4) is 0 Å². The van der Waals surface area contributed by atoms with Crippen molar-refractivity contribution in [1.82, 2.24) is 4.90 Å². The molecule has 4 rings (SSSR count). The Hall–Kier alpha value is -1.51. The van der Waals surface area contributed by atoms with Crippen molar-refractivity contribution in [1.29, 1.82) is 0 Å². The topological polar surface area (TPSA) is 23.6 Å². The van der Waals surface area contributed by atoms with Gasteiger partial charge in [0.05, 0.1) is 0 Å². The predicted molar refractivity (Wildman–Crippen MR) is 93.6 cm³/mol. The third-order valence-corrected chi connectivity index (χ3v) is 6.56. The molecule has 3 fully saturated rings. The van der Waals surface area contributed by atoms with Gasteiger partial charge >= 0.3 is 0 Å². The molecular weight excluding hydrogens is 284 g/mol. The van der Waals surface area contributed by atoms with Crippen molar-refractivity contribution < 1.29 is 4.79 Å². The van der Waals surface area contributed by atoms with Crippen LogP contribution in [0.4, 0.5) is 5.69 Å². The number of fused-ring (bicyclic) bond motifs is 2. The lowest BCUT2D eigenvalue weighted by Crippen LogP contribution is -2.51. The molecule has 3 heteroatoms. The molecule has 1 aromatic carbocycles. The first-order valence-corrected chi connectivity index (χ1v) is 9.23.